The largest absolute Gasteiger partial charge is 0.326 e. The molecule has 0 bridgehead atoms. The Morgan fingerprint density at radius 3 is 2.65 bits per heavy atom. The average Bonchev–Trinajstić information content (AvgIpc) is 2.47. The van der Waals surface area contributed by atoms with E-state index in [1.807, 2.05) is 30.3 Å². The second-order valence-corrected chi connectivity index (χ2v) is 6.90. The van der Waals surface area contributed by atoms with E-state index in [9.17, 15) is 0 Å². The first-order valence-corrected chi connectivity index (χ1v) is 8.45. The van der Waals surface area contributed by atoms with E-state index in [-0.39, 0.29) is 11.3 Å². The van der Waals surface area contributed by atoms with Gasteiger partial charge >= 0.3 is 0 Å². The first-order chi connectivity index (χ1) is 9.61. The van der Waals surface area contributed by atoms with Gasteiger partial charge in [-0.25, -0.2) is 4.98 Å². The lowest BCUT2D eigenvalue weighted by Gasteiger charge is -2.23. The van der Waals surface area contributed by atoms with Crippen molar-refractivity contribution in [2.24, 2.45) is 5.73 Å². The highest BCUT2D eigenvalue weighted by molar-refractivity contribution is 9.10. The van der Waals surface area contributed by atoms with Gasteiger partial charge in [0.05, 0.1) is 15.3 Å². The van der Waals surface area contributed by atoms with Crippen LogP contribution in [0.5, 0.6) is 0 Å². The van der Waals surface area contributed by atoms with Crippen molar-refractivity contribution in [1.82, 2.24) is 4.98 Å². The average molecular weight is 372 g/mol. The Hall–Kier alpha value is -0.550. The topological polar surface area (TPSA) is 38.9 Å². The van der Waals surface area contributed by atoms with E-state index in [0.717, 1.165) is 15.9 Å². The van der Waals surface area contributed by atoms with Gasteiger partial charge in [0.1, 0.15) is 0 Å². The van der Waals surface area contributed by atoms with Crippen molar-refractivity contribution >= 4 is 39.3 Å². The van der Waals surface area contributed by atoms with Gasteiger partial charge < -0.3 is 5.73 Å². The summed E-state index contributed by atoms with van der Waals surface area (Å²) < 4.78 is 1.08. The van der Waals surface area contributed by atoms with Gasteiger partial charge in [-0.2, -0.15) is 0 Å². The van der Waals surface area contributed by atoms with Crippen LogP contribution in [0.25, 0.3) is 0 Å². The molecular weight excluding hydrogens is 356 g/mol. The molecule has 0 saturated heterocycles. The number of thioether (sulfide) groups is 1. The van der Waals surface area contributed by atoms with Crippen molar-refractivity contribution < 1.29 is 0 Å². The highest BCUT2D eigenvalue weighted by Gasteiger charge is 2.22. The molecule has 2 atom stereocenters. The molecule has 0 aliphatic heterocycles. The molecule has 0 aliphatic rings. The summed E-state index contributed by atoms with van der Waals surface area (Å²) in [7, 11) is 0. The molecule has 0 radical (unpaired) electrons. The van der Waals surface area contributed by atoms with Crippen LogP contribution in [0.15, 0.2) is 52.1 Å². The Morgan fingerprint density at radius 1 is 1.30 bits per heavy atom. The number of hydrogen-bond donors (Lipinski definition) is 1. The van der Waals surface area contributed by atoms with E-state index in [1.54, 1.807) is 18.0 Å². The van der Waals surface area contributed by atoms with E-state index >= 15 is 0 Å². The summed E-state index contributed by atoms with van der Waals surface area (Å²) in [6.07, 6.45) is 2.57. The van der Waals surface area contributed by atoms with Crippen LogP contribution in [0.3, 0.4) is 0 Å². The third-order valence-electron chi connectivity index (χ3n) is 3.02. The number of benzene rings is 1. The van der Waals surface area contributed by atoms with Crippen LogP contribution in [-0.4, -0.2) is 11.0 Å². The van der Waals surface area contributed by atoms with E-state index < -0.39 is 0 Å². The van der Waals surface area contributed by atoms with Gasteiger partial charge in [-0.3, -0.25) is 0 Å². The normalized spacial score (nSPS) is 14.0. The quantitative estimate of drug-likeness (QED) is 0.746. The highest BCUT2D eigenvalue weighted by Crippen LogP contribution is 2.40. The first-order valence-electron chi connectivity index (χ1n) is 6.40. The van der Waals surface area contributed by atoms with E-state index in [0.29, 0.717) is 5.02 Å². The summed E-state index contributed by atoms with van der Waals surface area (Å²) in [6, 6.07) is 12.0. The Bertz CT molecular complexity index is 562. The molecule has 2 unspecified atom stereocenters. The van der Waals surface area contributed by atoms with Crippen molar-refractivity contribution in [3.05, 3.63) is 57.7 Å². The third-order valence-corrected chi connectivity index (χ3v) is 5.31. The summed E-state index contributed by atoms with van der Waals surface area (Å²) in [4.78, 5) is 4.35. The molecule has 0 saturated carbocycles. The summed E-state index contributed by atoms with van der Waals surface area (Å²) in [5, 5.41) is 1.73. The minimum atomic E-state index is 0.0659. The molecule has 0 fully saturated rings. The molecule has 2 nitrogen and oxygen atoms in total. The molecule has 0 amide bonds. The maximum atomic E-state index is 6.30. The molecule has 2 rings (SSSR count). The fourth-order valence-corrected chi connectivity index (χ4v) is 3.88. The summed E-state index contributed by atoms with van der Waals surface area (Å²) >= 11 is 11.2. The number of rotatable bonds is 5. The number of halogens is 2. The van der Waals surface area contributed by atoms with Crippen LogP contribution < -0.4 is 5.73 Å². The van der Waals surface area contributed by atoms with E-state index in [4.69, 9.17) is 17.3 Å². The predicted molar refractivity (Wildman–Crippen MR) is 90.3 cm³/mol. The zero-order chi connectivity index (χ0) is 14.5. The van der Waals surface area contributed by atoms with Gasteiger partial charge in [-0.05, 0) is 30.2 Å². The van der Waals surface area contributed by atoms with Gasteiger partial charge in [0, 0.05) is 16.7 Å². The van der Waals surface area contributed by atoms with Crippen LogP contribution in [0.1, 0.15) is 24.2 Å². The fourth-order valence-electron chi connectivity index (χ4n) is 1.86. The van der Waals surface area contributed by atoms with Gasteiger partial charge in [0.25, 0.3) is 0 Å². The highest BCUT2D eigenvalue weighted by atomic mass is 79.9. The monoisotopic (exact) mass is 370 g/mol. The van der Waals surface area contributed by atoms with E-state index in [2.05, 4.69) is 33.9 Å². The molecule has 2 N–H and O–H groups in total. The van der Waals surface area contributed by atoms with Crippen LogP contribution in [0.4, 0.5) is 0 Å². The molecule has 1 aromatic heterocycles. The Labute approximate surface area is 137 Å². The summed E-state index contributed by atoms with van der Waals surface area (Å²) in [5.74, 6) is 0. The smallest absolute Gasteiger partial charge is 0.0967 e. The fraction of sp³-hybridized carbons (Fsp3) is 0.267. The predicted octanol–water partition coefficient (Wildman–Crippen LogP) is 5.07. The third kappa shape index (κ3) is 3.98. The second kappa shape index (κ2) is 7.46. The lowest BCUT2D eigenvalue weighted by Crippen LogP contribution is -2.26. The first kappa shape index (κ1) is 15.8. The SMILES string of the molecule is CCC(N)C(Sc1ccc(Cl)cn1)c1ccccc1Br. The summed E-state index contributed by atoms with van der Waals surface area (Å²) in [5.41, 5.74) is 7.50. The Morgan fingerprint density at radius 2 is 2.05 bits per heavy atom. The number of aromatic nitrogens is 1. The minimum Gasteiger partial charge on any atom is -0.326 e. The minimum absolute atomic E-state index is 0.0659. The zero-order valence-corrected chi connectivity index (χ0v) is 14.3. The van der Waals surface area contributed by atoms with Crippen LogP contribution in [-0.2, 0) is 0 Å². The molecule has 2 aromatic rings. The Balaban J connectivity index is 2.29. The molecule has 20 heavy (non-hydrogen) atoms. The van der Waals surface area contributed by atoms with Crippen LogP contribution in [0, 0.1) is 0 Å². The second-order valence-electron chi connectivity index (χ2n) is 4.45. The standard InChI is InChI=1S/C15H16BrClN2S/c1-2-13(18)15(11-5-3-4-6-12(11)16)20-14-8-7-10(17)9-19-14/h3-9,13,15H,2,18H2,1H3. The molecule has 5 heteroatoms. The molecule has 1 aromatic carbocycles. The van der Waals surface area contributed by atoms with Gasteiger partial charge in [0.2, 0.25) is 0 Å². The molecule has 1 heterocycles. The number of hydrogen-bond acceptors (Lipinski definition) is 3. The van der Waals surface area contributed by atoms with Crippen molar-refractivity contribution in [2.45, 2.75) is 29.7 Å². The lowest BCUT2D eigenvalue weighted by molar-refractivity contribution is 0.632. The number of nitrogens with zero attached hydrogens (tertiary/aromatic N) is 1. The maximum Gasteiger partial charge on any atom is 0.0967 e. The zero-order valence-electron chi connectivity index (χ0n) is 11.1. The number of nitrogens with two attached hydrogens (primary N) is 1. The maximum absolute atomic E-state index is 6.30. The van der Waals surface area contributed by atoms with Crippen molar-refractivity contribution in [3.8, 4) is 0 Å². The van der Waals surface area contributed by atoms with Crippen LogP contribution >= 0.6 is 39.3 Å². The van der Waals surface area contributed by atoms with Crippen molar-refractivity contribution in [1.29, 1.82) is 0 Å². The van der Waals surface area contributed by atoms with Gasteiger partial charge in [-0.1, -0.05) is 64.4 Å². The van der Waals surface area contributed by atoms with Crippen molar-refractivity contribution in [3.63, 3.8) is 0 Å². The Kier molecular flexibility index (Phi) is 5.90. The lowest BCUT2D eigenvalue weighted by atomic mass is 10.0. The number of pyridine rings is 1. The van der Waals surface area contributed by atoms with Crippen LogP contribution in [0.2, 0.25) is 5.02 Å². The molecule has 0 spiro atoms. The molecule has 0 aliphatic carbocycles. The van der Waals surface area contributed by atoms with Gasteiger partial charge in [0.15, 0.2) is 0 Å². The molecule has 106 valence electrons. The molecular formula is C15H16BrClN2S. The van der Waals surface area contributed by atoms with Gasteiger partial charge in [-0.15, -0.1) is 0 Å². The van der Waals surface area contributed by atoms with Crippen molar-refractivity contribution in [2.75, 3.05) is 0 Å². The van der Waals surface area contributed by atoms with E-state index in [1.165, 1.54) is 5.56 Å². The summed E-state index contributed by atoms with van der Waals surface area (Å²) in [6.45, 7) is 2.10.